The van der Waals surface area contributed by atoms with Crippen LogP contribution in [0, 0.1) is 5.92 Å². The molecule has 2 fully saturated rings. The van der Waals surface area contributed by atoms with Crippen LogP contribution in [0.1, 0.15) is 36.0 Å². The van der Waals surface area contributed by atoms with E-state index < -0.39 is 0 Å². The first-order chi connectivity index (χ1) is 11.6. The number of ether oxygens (including phenoxy) is 1. The highest BCUT2D eigenvalue weighted by Gasteiger charge is 2.30. The number of anilines is 1. The van der Waals surface area contributed by atoms with Crippen molar-refractivity contribution in [2.45, 2.75) is 31.8 Å². The predicted octanol–water partition coefficient (Wildman–Crippen LogP) is 1.82. The van der Waals surface area contributed by atoms with Crippen LogP contribution in [0.3, 0.4) is 0 Å². The normalized spacial score (nSPS) is 19.6. The van der Waals surface area contributed by atoms with Gasteiger partial charge in [0.1, 0.15) is 0 Å². The quantitative estimate of drug-likeness (QED) is 0.708. The van der Waals surface area contributed by atoms with Crippen LogP contribution in [-0.4, -0.2) is 36.2 Å². The van der Waals surface area contributed by atoms with Crippen molar-refractivity contribution in [1.29, 1.82) is 0 Å². The first-order valence-electron chi connectivity index (χ1n) is 8.23. The van der Waals surface area contributed by atoms with Gasteiger partial charge < -0.3 is 20.7 Å². The second kappa shape index (κ2) is 7.72. The third-order valence-electron chi connectivity index (χ3n) is 4.10. The number of rotatable bonds is 5. The van der Waals surface area contributed by atoms with Crippen molar-refractivity contribution in [1.82, 2.24) is 10.6 Å². The van der Waals surface area contributed by atoms with Crippen molar-refractivity contribution >= 4 is 34.8 Å². The van der Waals surface area contributed by atoms with E-state index in [1.165, 1.54) is 0 Å². The Morgan fingerprint density at radius 1 is 1.17 bits per heavy atom. The highest BCUT2D eigenvalue weighted by molar-refractivity contribution is 7.80. The molecule has 1 aliphatic heterocycles. The number of thiocarbonyl (C=S) groups is 1. The lowest BCUT2D eigenvalue weighted by atomic mass is 10.2. The van der Waals surface area contributed by atoms with Crippen LogP contribution in [0.4, 0.5) is 5.69 Å². The molecule has 0 spiro atoms. The zero-order valence-corrected chi connectivity index (χ0v) is 14.2. The summed E-state index contributed by atoms with van der Waals surface area (Å²) in [5.74, 6) is -0.0426. The van der Waals surface area contributed by atoms with Crippen LogP contribution in [0.2, 0.25) is 0 Å². The first kappa shape index (κ1) is 16.9. The van der Waals surface area contributed by atoms with E-state index in [0.717, 1.165) is 38.0 Å². The molecule has 0 aromatic heterocycles. The molecule has 1 aliphatic carbocycles. The van der Waals surface area contributed by atoms with Gasteiger partial charge in [-0.15, -0.1) is 0 Å². The molecule has 0 radical (unpaired) electrons. The fourth-order valence-electron chi connectivity index (χ4n) is 2.54. The van der Waals surface area contributed by atoms with E-state index in [-0.39, 0.29) is 28.9 Å². The predicted molar refractivity (Wildman–Crippen MR) is 94.8 cm³/mol. The Kier molecular flexibility index (Phi) is 5.42. The second-order valence-electron chi connectivity index (χ2n) is 6.14. The van der Waals surface area contributed by atoms with Gasteiger partial charge in [0.05, 0.1) is 6.10 Å². The maximum atomic E-state index is 12.1. The minimum absolute atomic E-state index is 0.0300. The summed E-state index contributed by atoms with van der Waals surface area (Å²) in [6.45, 7) is 1.31. The Balaban J connectivity index is 1.46. The SMILES string of the molecule is O=C(NCC1CCCO1)c1ccc(NC(=S)NC(=O)C2CC2)cc1. The number of carbonyl (C=O) groups excluding carboxylic acids is 2. The second-order valence-corrected chi connectivity index (χ2v) is 6.55. The minimum Gasteiger partial charge on any atom is -0.376 e. The van der Waals surface area contributed by atoms with Gasteiger partial charge in [-0.1, -0.05) is 0 Å². The lowest BCUT2D eigenvalue weighted by Gasteiger charge is -2.12. The first-order valence-corrected chi connectivity index (χ1v) is 8.64. The summed E-state index contributed by atoms with van der Waals surface area (Å²) in [6, 6.07) is 6.96. The maximum Gasteiger partial charge on any atom is 0.251 e. The molecular formula is C17H21N3O3S. The Bertz CT molecular complexity index is 622. The molecule has 128 valence electrons. The fraction of sp³-hybridized carbons (Fsp3) is 0.471. The van der Waals surface area contributed by atoms with Crippen LogP contribution in [0.25, 0.3) is 0 Å². The molecule has 1 atom stereocenters. The molecule has 3 N–H and O–H groups in total. The van der Waals surface area contributed by atoms with E-state index in [4.69, 9.17) is 17.0 Å². The standard InChI is InChI=1S/C17H21N3O3S/c21-15(18-10-14-2-1-9-23-14)11-5-7-13(8-6-11)19-17(24)20-16(22)12-3-4-12/h5-8,12,14H,1-4,9-10H2,(H,18,21)(H2,19,20,22,24). The van der Waals surface area contributed by atoms with E-state index in [1.807, 2.05) is 0 Å². The number of nitrogens with one attached hydrogen (secondary N) is 3. The minimum atomic E-state index is -0.123. The molecule has 2 amide bonds. The molecular weight excluding hydrogens is 326 g/mol. The van der Waals surface area contributed by atoms with Crippen LogP contribution >= 0.6 is 12.2 Å². The summed E-state index contributed by atoms with van der Waals surface area (Å²) in [5.41, 5.74) is 1.30. The van der Waals surface area contributed by atoms with Crippen molar-refractivity contribution in [2.24, 2.45) is 5.92 Å². The number of carbonyl (C=O) groups is 2. The third kappa shape index (κ3) is 4.75. The molecule has 1 aromatic carbocycles. The van der Waals surface area contributed by atoms with Gasteiger partial charge in [-0.05, 0) is 62.2 Å². The van der Waals surface area contributed by atoms with Gasteiger partial charge in [0.15, 0.2) is 5.11 Å². The molecule has 2 aliphatic rings. The van der Waals surface area contributed by atoms with Crippen molar-refractivity contribution in [3.8, 4) is 0 Å². The summed E-state index contributed by atoms with van der Waals surface area (Å²) < 4.78 is 5.48. The summed E-state index contributed by atoms with van der Waals surface area (Å²) in [7, 11) is 0. The molecule has 6 nitrogen and oxygen atoms in total. The maximum absolute atomic E-state index is 12.1. The van der Waals surface area contributed by atoms with Crippen LogP contribution < -0.4 is 16.0 Å². The van der Waals surface area contributed by atoms with Crippen LogP contribution in [-0.2, 0) is 9.53 Å². The van der Waals surface area contributed by atoms with E-state index in [0.29, 0.717) is 12.1 Å². The Hall–Kier alpha value is -1.99. The number of benzene rings is 1. The lowest BCUT2D eigenvalue weighted by molar-refractivity contribution is -0.120. The van der Waals surface area contributed by atoms with Crippen molar-refractivity contribution < 1.29 is 14.3 Å². The van der Waals surface area contributed by atoms with E-state index >= 15 is 0 Å². The molecule has 1 aromatic rings. The average Bonchev–Trinajstić information content (AvgIpc) is 3.30. The number of amides is 2. The summed E-state index contributed by atoms with van der Waals surface area (Å²) >= 11 is 5.11. The molecule has 1 heterocycles. The highest BCUT2D eigenvalue weighted by atomic mass is 32.1. The Morgan fingerprint density at radius 3 is 2.54 bits per heavy atom. The molecule has 24 heavy (non-hydrogen) atoms. The van der Waals surface area contributed by atoms with Gasteiger partial charge in [0.2, 0.25) is 5.91 Å². The van der Waals surface area contributed by atoms with Gasteiger partial charge in [0.25, 0.3) is 5.91 Å². The zero-order chi connectivity index (χ0) is 16.9. The molecule has 0 bridgehead atoms. The van der Waals surface area contributed by atoms with Crippen molar-refractivity contribution in [3.63, 3.8) is 0 Å². The number of hydrogen-bond acceptors (Lipinski definition) is 4. The summed E-state index contributed by atoms with van der Waals surface area (Å²) in [6.07, 6.45) is 4.04. The molecule has 1 unspecified atom stereocenters. The van der Waals surface area contributed by atoms with Gasteiger partial charge in [-0.25, -0.2) is 0 Å². The topological polar surface area (TPSA) is 79.5 Å². The largest absolute Gasteiger partial charge is 0.376 e. The number of hydrogen-bond donors (Lipinski definition) is 3. The molecule has 7 heteroatoms. The molecule has 1 saturated carbocycles. The van der Waals surface area contributed by atoms with Crippen LogP contribution in [0.5, 0.6) is 0 Å². The molecule has 1 saturated heterocycles. The van der Waals surface area contributed by atoms with E-state index in [9.17, 15) is 9.59 Å². The smallest absolute Gasteiger partial charge is 0.251 e. The fourth-order valence-corrected chi connectivity index (χ4v) is 2.76. The van der Waals surface area contributed by atoms with E-state index in [1.54, 1.807) is 24.3 Å². The lowest BCUT2D eigenvalue weighted by Crippen LogP contribution is -2.35. The van der Waals surface area contributed by atoms with Gasteiger partial charge >= 0.3 is 0 Å². The summed E-state index contributed by atoms with van der Waals surface area (Å²) in [4.78, 5) is 23.7. The van der Waals surface area contributed by atoms with Crippen molar-refractivity contribution in [3.05, 3.63) is 29.8 Å². The zero-order valence-electron chi connectivity index (χ0n) is 13.3. The van der Waals surface area contributed by atoms with Gasteiger partial charge in [0, 0.05) is 30.3 Å². The highest BCUT2D eigenvalue weighted by Crippen LogP contribution is 2.28. The monoisotopic (exact) mass is 347 g/mol. The molecule has 3 rings (SSSR count). The average molecular weight is 347 g/mol. The Morgan fingerprint density at radius 2 is 1.92 bits per heavy atom. The van der Waals surface area contributed by atoms with Crippen molar-refractivity contribution in [2.75, 3.05) is 18.5 Å². The van der Waals surface area contributed by atoms with Crippen LogP contribution in [0.15, 0.2) is 24.3 Å². The van der Waals surface area contributed by atoms with Gasteiger partial charge in [-0.3, -0.25) is 9.59 Å². The summed E-state index contributed by atoms with van der Waals surface area (Å²) in [5, 5.41) is 8.77. The van der Waals surface area contributed by atoms with E-state index in [2.05, 4.69) is 16.0 Å². The third-order valence-corrected chi connectivity index (χ3v) is 4.31. The van der Waals surface area contributed by atoms with Gasteiger partial charge in [-0.2, -0.15) is 0 Å². The Labute approximate surface area is 146 Å².